The number of nitrogens with zero attached hydrogens (tertiary/aromatic N) is 1. The third-order valence-corrected chi connectivity index (χ3v) is 4.86. The number of benzene rings is 1. The molecule has 23 heavy (non-hydrogen) atoms. The van der Waals surface area contributed by atoms with Crippen LogP contribution in [0.3, 0.4) is 0 Å². The van der Waals surface area contributed by atoms with E-state index in [1.807, 2.05) is 18.2 Å². The van der Waals surface area contributed by atoms with Gasteiger partial charge in [0.25, 0.3) is 0 Å². The van der Waals surface area contributed by atoms with Crippen LogP contribution < -0.4 is 4.74 Å². The molecule has 2 heterocycles. The van der Waals surface area contributed by atoms with Crippen LogP contribution in [-0.4, -0.2) is 30.4 Å². The van der Waals surface area contributed by atoms with Crippen LogP contribution in [0.5, 0.6) is 5.75 Å². The molecule has 3 nitrogen and oxygen atoms in total. The molecule has 0 N–H and O–H groups in total. The minimum Gasteiger partial charge on any atom is -0.493 e. The largest absolute Gasteiger partial charge is 0.493 e. The lowest BCUT2D eigenvalue weighted by Crippen LogP contribution is -2.36. The number of fused-ring (bicyclic) bond motifs is 1. The molecule has 0 saturated heterocycles. The predicted octanol–water partition coefficient (Wildman–Crippen LogP) is 4.08. The number of Topliss-reactive ketones (excluding diaryl/α,β-unsaturated/α-hetero) is 1. The highest BCUT2D eigenvalue weighted by molar-refractivity contribution is 6.09. The number of carbonyl (C=O) groups excluding carboxylic acids is 1. The first-order valence-corrected chi connectivity index (χ1v) is 8.63. The van der Waals surface area contributed by atoms with Crippen molar-refractivity contribution in [2.45, 2.75) is 40.5 Å². The summed E-state index contributed by atoms with van der Waals surface area (Å²) in [7, 11) is 0. The van der Waals surface area contributed by atoms with Gasteiger partial charge in [-0.05, 0) is 41.5 Å². The van der Waals surface area contributed by atoms with Gasteiger partial charge in [-0.1, -0.05) is 27.7 Å². The fraction of sp³-hybridized carbons (Fsp3) is 0.550. The second kappa shape index (κ2) is 6.03. The smallest absolute Gasteiger partial charge is 0.191 e. The number of allylic oxidation sites excluding steroid dienone is 1. The van der Waals surface area contributed by atoms with E-state index in [0.29, 0.717) is 5.92 Å². The Balaban J connectivity index is 1.90. The van der Waals surface area contributed by atoms with Crippen LogP contribution in [0, 0.1) is 11.3 Å². The van der Waals surface area contributed by atoms with Crippen molar-refractivity contribution in [3.8, 4) is 5.75 Å². The number of rotatable bonds is 4. The summed E-state index contributed by atoms with van der Waals surface area (Å²) in [5.41, 5.74) is 2.81. The van der Waals surface area contributed by atoms with Crippen LogP contribution >= 0.6 is 0 Å². The molecule has 0 aliphatic carbocycles. The molecule has 0 saturated carbocycles. The van der Waals surface area contributed by atoms with Crippen molar-refractivity contribution >= 4 is 5.78 Å². The van der Waals surface area contributed by atoms with Crippen molar-refractivity contribution in [1.82, 2.24) is 4.90 Å². The van der Waals surface area contributed by atoms with E-state index in [1.165, 1.54) is 0 Å². The highest BCUT2D eigenvalue weighted by Gasteiger charge is 2.33. The molecule has 0 radical (unpaired) electrons. The fourth-order valence-electron chi connectivity index (χ4n) is 3.44. The molecule has 3 heteroatoms. The minimum absolute atomic E-state index is 0.0694. The van der Waals surface area contributed by atoms with E-state index in [9.17, 15) is 4.79 Å². The second-order valence-electron chi connectivity index (χ2n) is 7.82. The topological polar surface area (TPSA) is 29.5 Å². The van der Waals surface area contributed by atoms with Crippen LogP contribution in [0.1, 0.15) is 50.0 Å². The molecule has 0 spiro atoms. The molecule has 0 atom stereocenters. The minimum atomic E-state index is -0.0694. The molecule has 124 valence electrons. The maximum Gasteiger partial charge on any atom is 0.191 e. The van der Waals surface area contributed by atoms with E-state index in [1.54, 1.807) is 0 Å². The normalized spacial score (nSPS) is 19.3. The van der Waals surface area contributed by atoms with E-state index in [0.717, 1.165) is 55.0 Å². The Morgan fingerprint density at radius 1 is 1.35 bits per heavy atom. The summed E-state index contributed by atoms with van der Waals surface area (Å²) in [5.74, 6) is 1.69. The van der Waals surface area contributed by atoms with Gasteiger partial charge in [-0.25, -0.2) is 0 Å². The van der Waals surface area contributed by atoms with Gasteiger partial charge in [0.1, 0.15) is 5.75 Å². The number of ether oxygens (including phenoxy) is 1. The van der Waals surface area contributed by atoms with Crippen LogP contribution in [0.25, 0.3) is 0 Å². The zero-order valence-corrected chi connectivity index (χ0v) is 14.7. The van der Waals surface area contributed by atoms with Crippen molar-refractivity contribution < 1.29 is 9.53 Å². The van der Waals surface area contributed by atoms with Crippen molar-refractivity contribution in [3.63, 3.8) is 0 Å². The molecule has 0 bridgehead atoms. The lowest BCUT2D eigenvalue weighted by molar-refractivity contribution is 0.0986. The molecule has 0 unspecified atom stereocenters. The number of hydrogen-bond acceptors (Lipinski definition) is 3. The van der Waals surface area contributed by atoms with Gasteiger partial charge in [-0.15, -0.1) is 0 Å². The monoisotopic (exact) mass is 313 g/mol. The maximum absolute atomic E-state index is 13.1. The molecular formula is C20H27NO2. The highest BCUT2D eigenvalue weighted by Crippen LogP contribution is 2.37. The highest BCUT2D eigenvalue weighted by atomic mass is 16.5. The fourth-order valence-corrected chi connectivity index (χ4v) is 3.44. The maximum atomic E-state index is 13.1. The van der Waals surface area contributed by atoms with Gasteiger partial charge in [-0.2, -0.15) is 0 Å². The average molecular weight is 313 g/mol. The Labute approximate surface area is 139 Å². The Bertz CT molecular complexity index is 643. The van der Waals surface area contributed by atoms with E-state index < -0.39 is 0 Å². The first-order valence-electron chi connectivity index (χ1n) is 8.63. The predicted molar refractivity (Wildman–Crippen MR) is 92.9 cm³/mol. The second-order valence-corrected chi connectivity index (χ2v) is 7.82. The Kier molecular flexibility index (Phi) is 4.22. The summed E-state index contributed by atoms with van der Waals surface area (Å²) in [6, 6.07) is 5.87. The van der Waals surface area contributed by atoms with Gasteiger partial charge in [0.05, 0.1) is 6.61 Å². The van der Waals surface area contributed by atoms with Crippen LogP contribution in [0.15, 0.2) is 30.0 Å². The molecule has 1 aromatic carbocycles. The molecule has 0 aromatic heterocycles. The molecule has 2 aliphatic heterocycles. The lowest BCUT2D eigenvalue weighted by Gasteiger charge is -2.37. The SMILES string of the molecule is CC(C)CN1C=C(C(=O)c2ccc3c(c2)CCO3)C(C)(C)CC1. The third-order valence-electron chi connectivity index (χ3n) is 4.86. The van der Waals surface area contributed by atoms with E-state index in [-0.39, 0.29) is 11.2 Å². The summed E-state index contributed by atoms with van der Waals surface area (Å²) < 4.78 is 5.55. The third kappa shape index (κ3) is 3.29. The first-order chi connectivity index (χ1) is 10.9. The Morgan fingerprint density at radius 2 is 2.13 bits per heavy atom. The summed E-state index contributed by atoms with van der Waals surface area (Å²) in [5, 5.41) is 0. The standard InChI is InChI=1S/C20H27NO2/c1-14(2)12-21-9-8-20(3,4)17(13-21)19(22)16-5-6-18-15(11-16)7-10-23-18/h5-6,11,13-14H,7-10,12H2,1-4H3. The Hall–Kier alpha value is -1.77. The van der Waals surface area contributed by atoms with Crippen LogP contribution in [-0.2, 0) is 6.42 Å². The van der Waals surface area contributed by atoms with Gasteiger partial charge in [0, 0.05) is 36.8 Å². The molecule has 2 aliphatic rings. The summed E-state index contributed by atoms with van der Waals surface area (Å²) >= 11 is 0. The van der Waals surface area contributed by atoms with Gasteiger partial charge in [0.2, 0.25) is 0 Å². The van der Waals surface area contributed by atoms with Crippen molar-refractivity contribution in [3.05, 3.63) is 41.1 Å². The average Bonchev–Trinajstić information content (AvgIpc) is 2.95. The number of carbonyl (C=O) groups is 1. The zero-order valence-electron chi connectivity index (χ0n) is 14.7. The summed E-state index contributed by atoms with van der Waals surface area (Å²) in [4.78, 5) is 15.4. The summed E-state index contributed by atoms with van der Waals surface area (Å²) in [6.07, 6.45) is 4.03. The molecule has 1 aromatic rings. The van der Waals surface area contributed by atoms with Gasteiger partial charge >= 0.3 is 0 Å². The van der Waals surface area contributed by atoms with Crippen molar-refractivity contribution in [2.75, 3.05) is 19.7 Å². The van der Waals surface area contributed by atoms with Crippen molar-refractivity contribution in [1.29, 1.82) is 0 Å². The van der Waals surface area contributed by atoms with E-state index >= 15 is 0 Å². The first kappa shape index (κ1) is 16.1. The van der Waals surface area contributed by atoms with E-state index in [4.69, 9.17) is 4.74 Å². The zero-order chi connectivity index (χ0) is 16.6. The van der Waals surface area contributed by atoms with Crippen molar-refractivity contribution in [2.24, 2.45) is 11.3 Å². The van der Waals surface area contributed by atoms with Crippen LogP contribution in [0.2, 0.25) is 0 Å². The molecule has 0 fully saturated rings. The molecular weight excluding hydrogens is 286 g/mol. The van der Waals surface area contributed by atoms with Gasteiger partial charge < -0.3 is 9.64 Å². The van der Waals surface area contributed by atoms with Crippen LogP contribution in [0.4, 0.5) is 0 Å². The van der Waals surface area contributed by atoms with Gasteiger partial charge in [0.15, 0.2) is 5.78 Å². The van der Waals surface area contributed by atoms with E-state index in [2.05, 4.69) is 38.8 Å². The summed E-state index contributed by atoms with van der Waals surface area (Å²) in [6.45, 7) is 11.6. The Morgan fingerprint density at radius 3 is 2.87 bits per heavy atom. The number of ketones is 1. The molecule has 0 amide bonds. The molecule has 3 rings (SSSR count). The number of hydrogen-bond donors (Lipinski definition) is 0. The quantitative estimate of drug-likeness (QED) is 0.785. The lowest BCUT2D eigenvalue weighted by atomic mass is 9.76. The van der Waals surface area contributed by atoms with Gasteiger partial charge in [-0.3, -0.25) is 4.79 Å².